The van der Waals surface area contributed by atoms with Crippen molar-refractivity contribution in [2.24, 2.45) is 0 Å². The molecule has 4 heteroatoms. The molecule has 0 atom stereocenters. The Hall–Kier alpha value is -1.84. The average molecular weight is 214 g/mol. The van der Waals surface area contributed by atoms with Gasteiger partial charge in [-0.1, -0.05) is 0 Å². The summed E-state index contributed by atoms with van der Waals surface area (Å²) in [4.78, 5) is 4.05. The molecule has 1 aliphatic rings. The highest BCUT2D eigenvalue weighted by atomic mass is 15.5. The monoisotopic (exact) mass is 214 g/mol. The van der Waals surface area contributed by atoms with Gasteiger partial charge in [-0.05, 0) is 37.1 Å². The Bertz CT molecular complexity index is 440. The molecule has 0 unspecified atom stereocenters. The standard InChI is InChI=1S/C12H14N4/c1-2-10-15(9-1)11-3-5-12(6-4-11)16-13-7-8-14-16/h3-8H,1-2,9-10H2. The summed E-state index contributed by atoms with van der Waals surface area (Å²) in [7, 11) is 0. The first-order valence-corrected chi connectivity index (χ1v) is 5.65. The molecule has 0 amide bonds. The third-order valence-electron chi connectivity index (χ3n) is 2.97. The summed E-state index contributed by atoms with van der Waals surface area (Å²) in [5, 5.41) is 8.21. The molecule has 16 heavy (non-hydrogen) atoms. The average Bonchev–Trinajstić information content (AvgIpc) is 3.03. The van der Waals surface area contributed by atoms with Crippen LogP contribution in [0.4, 0.5) is 5.69 Å². The van der Waals surface area contributed by atoms with Crippen molar-refractivity contribution >= 4 is 5.69 Å². The molecule has 0 radical (unpaired) electrons. The van der Waals surface area contributed by atoms with E-state index < -0.39 is 0 Å². The number of hydrogen-bond donors (Lipinski definition) is 0. The van der Waals surface area contributed by atoms with Crippen LogP contribution in [0.5, 0.6) is 0 Å². The van der Waals surface area contributed by atoms with Crippen LogP contribution < -0.4 is 4.90 Å². The molecule has 1 aromatic heterocycles. The molecule has 1 saturated heterocycles. The van der Waals surface area contributed by atoms with E-state index in [1.165, 1.54) is 31.6 Å². The van der Waals surface area contributed by atoms with Crippen LogP contribution in [0.3, 0.4) is 0 Å². The maximum atomic E-state index is 4.11. The quantitative estimate of drug-likeness (QED) is 0.765. The van der Waals surface area contributed by atoms with Crippen LogP contribution in [0.2, 0.25) is 0 Å². The maximum Gasteiger partial charge on any atom is 0.0858 e. The SMILES string of the molecule is c1cnn(-c2ccc(N3CCCC3)cc2)n1. The van der Waals surface area contributed by atoms with Gasteiger partial charge in [0, 0.05) is 18.8 Å². The molecule has 2 aromatic rings. The first-order valence-electron chi connectivity index (χ1n) is 5.65. The number of nitrogens with zero attached hydrogens (tertiary/aromatic N) is 4. The minimum absolute atomic E-state index is 1.01. The van der Waals surface area contributed by atoms with E-state index in [1.54, 1.807) is 17.2 Å². The number of aromatic nitrogens is 3. The van der Waals surface area contributed by atoms with Crippen molar-refractivity contribution in [1.82, 2.24) is 15.0 Å². The van der Waals surface area contributed by atoms with E-state index in [0.29, 0.717) is 0 Å². The van der Waals surface area contributed by atoms with Crippen molar-refractivity contribution in [3.8, 4) is 5.69 Å². The molecular formula is C12H14N4. The third-order valence-corrected chi connectivity index (χ3v) is 2.97. The Morgan fingerprint density at radius 1 is 0.812 bits per heavy atom. The number of rotatable bonds is 2. The van der Waals surface area contributed by atoms with Crippen molar-refractivity contribution in [3.63, 3.8) is 0 Å². The summed E-state index contributed by atoms with van der Waals surface area (Å²) in [5.74, 6) is 0. The fourth-order valence-electron chi connectivity index (χ4n) is 2.12. The summed E-state index contributed by atoms with van der Waals surface area (Å²) in [6, 6.07) is 8.41. The summed E-state index contributed by atoms with van der Waals surface area (Å²) in [5.41, 5.74) is 2.31. The number of anilines is 1. The molecule has 3 rings (SSSR count). The van der Waals surface area contributed by atoms with E-state index in [2.05, 4.69) is 39.4 Å². The molecule has 1 aliphatic heterocycles. The summed E-state index contributed by atoms with van der Waals surface area (Å²) >= 11 is 0. The van der Waals surface area contributed by atoms with Crippen molar-refractivity contribution in [3.05, 3.63) is 36.7 Å². The van der Waals surface area contributed by atoms with Gasteiger partial charge < -0.3 is 4.90 Å². The smallest absolute Gasteiger partial charge is 0.0858 e. The van der Waals surface area contributed by atoms with E-state index in [4.69, 9.17) is 0 Å². The van der Waals surface area contributed by atoms with Crippen molar-refractivity contribution in [2.75, 3.05) is 18.0 Å². The summed E-state index contributed by atoms with van der Waals surface area (Å²) < 4.78 is 0. The summed E-state index contributed by atoms with van der Waals surface area (Å²) in [6.07, 6.45) is 5.99. The van der Waals surface area contributed by atoms with Gasteiger partial charge in [0.15, 0.2) is 0 Å². The normalized spacial score (nSPS) is 15.6. The Morgan fingerprint density at radius 3 is 2.00 bits per heavy atom. The van der Waals surface area contributed by atoms with Crippen LogP contribution in [-0.4, -0.2) is 28.1 Å². The first kappa shape index (κ1) is 9.39. The van der Waals surface area contributed by atoms with Gasteiger partial charge in [-0.15, -0.1) is 0 Å². The van der Waals surface area contributed by atoms with Crippen molar-refractivity contribution in [1.29, 1.82) is 0 Å². The fraction of sp³-hybridized carbons (Fsp3) is 0.333. The van der Waals surface area contributed by atoms with Gasteiger partial charge in [0.05, 0.1) is 18.1 Å². The van der Waals surface area contributed by atoms with E-state index >= 15 is 0 Å². The molecule has 2 heterocycles. The van der Waals surface area contributed by atoms with Crippen LogP contribution >= 0.6 is 0 Å². The predicted molar refractivity (Wildman–Crippen MR) is 62.8 cm³/mol. The largest absolute Gasteiger partial charge is 0.372 e. The van der Waals surface area contributed by atoms with E-state index in [-0.39, 0.29) is 0 Å². The highest BCUT2D eigenvalue weighted by molar-refractivity contribution is 5.51. The highest BCUT2D eigenvalue weighted by Gasteiger charge is 2.11. The molecule has 0 bridgehead atoms. The molecule has 1 aromatic carbocycles. The molecule has 4 nitrogen and oxygen atoms in total. The van der Waals surface area contributed by atoms with Gasteiger partial charge in [-0.25, -0.2) is 0 Å². The summed E-state index contributed by atoms with van der Waals surface area (Å²) in [6.45, 7) is 2.36. The van der Waals surface area contributed by atoms with Gasteiger partial charge >= 0.3 is 0 Å². The maximum absolute atomic E-state index is 4.11. The van der Waals surface area contributed by atoms with Gasteiger partial charge in [0.2, 0.25) is 0 Å². The van der Waals surface area contributed by atoms with Crippen LogP contribution in [0.1, 0.15) is 12.8 Å². The van der Waals surface area contributed by atoms with Gasteiger partial charge in [-0.3, -0.25) is 0 Å². The van der Waals surface area contributed by atoms with Crippen LogP contribution in [0.15, 0.2) is 36.7 Å². The number of benzene rings is 1. The second kappa shape index (κ2) is 3.96. The Morgan fingerprint density at radius 2 is 1.38 bits per heavy atom. The molecule has 1 fully saturated rings. The lowest BCUT2D eigenvalue weighted by atomic mass is 10.2. The zero-order valence-corrected chi connectivity index (χ0v) is 9.08. The second-order valence-electron chi connectivity index (χ2n) is 4.03. The Kier molecular flexibility index (Phi) is 2.33. The Labute approximate surface area is 94.5 Å². The molecule has 0 aliphatic carbocycles. The third kappa shape index (κ3) is 1.66. The van der Waals surface area contributed by atoms with E-state index in [9.17, 15) is 0 Å². The zero-order valence-electron chi connectivity index (χ0n) is 9.08. The lowest BCUT2D eigenvalue weighted by molar-refractivity contribution is 0.752. The number of hydrogen-bond acceptors (Lipinski definition) is 3. The minimum Gasteiger partial charge on any atom is -0.372 e. The van der Waals surface area contributed by atoms with Crippen molar-refractivity contribution in [2.45, 2.75) is 12.8 Å². The Balaban J connectivity index is 1.84. The molecular weight excluding hydrogens is 200 g/mol. The second-order valence-corrected chi connectivity index (χ2v) is 4.03. The van der Waals surface area contributed by atoms with E-state index in [0.717, 1.165) is 5.69 Å². The first-order chi connectivity index (χ1) is 7.93. The lowest BCUT2D eigenvalue weighted by Crippen LogP contribution is -2.17. The van der Waals surface area contributed by atoms with E-state index in [1.807, 2.05) is 0 Å². The van der Waals surface area contributed by atoms with Crippen LogP contribution in [0.25, 0.3) is 5.69 Å². The highest BCUT2D eigenvalue weighted by Crippen LogP contribution is 2.20. The van der Waals surface area contributed by atoms with Gasteiger partial charge in [-0.2, -0.15) is 15.0 Å². The topological polar surface area (TPSA) is 34.0 Å². The molecule has 0 spiro atoms. The minimum atomic E-state index is 1.01. The van der Waals surface area contributed by atoms with Crippen molar-refractivity contribution < 1.29 is 0 Å². The molecule has 82 valence electrons. The fourth-order valence-corrected chi connectivity index (χ4v) is 2.12. The van der Waals surface area contributed by atoms with Crippen LogP contribution in [0, 0.1) is 0 Å². The zero-order chi connectivity index (χ0) is 10.8. The lowest BCUT2D eigenvalue weighted by Gasteiger charge is -2.17. The molecule has 0 N–H and O–H groups in total. The van der Waals surface area contributed by atoms with Gasteiger partial charge in [0.25, 0.3) is 0 Å². The van der Waals surface area contributed by atoms with Gasteiger partial charge in [0.1, 0.15) is 0 Å². The molecule has 0 saturated carbocycles. The van der Waals surface area contributed by atoms with Crippen LogP contribution in [-0.2, 0) is 0 Å². The predicted octanol–water partition coefficient (Wildman–Crippen LogP) is 1.87.